The van der Waals surface area contributed by atoms with Gasteiger partial charge in [-0.3, -0.25) is 0 Å². The van der Waals surface area contributed by atoms with Crippen LogP contribution in [0.1, 0.15) is 39.0 Å². The van der Waals surface area contributed by atoms with Crippen molar-refractivity contribution in [3.05, 3.63) is 13.8 Å². The standard InChI is InChI=1S/C10H20O/c1-4-7-9-11-10(6-3)8-5-2/h10H,2-9H2,1H3. The fraction of sp³-hybridized carbons (Fsp3) is 0.800. The molecular formula is C10H20O. The second kappa shape index (κ2) is 8.06. The van der Waals surface area contributed by atoms with E-state index in [1.807, 2.05) is 0 Å². The molecule has 0 aliphatic rings. The second-order valence-corrected chi connectivity index (χ2v) is 2.78. The fourth-order valence-corrected chi connectivity index (χ4v) is 0.933. The molecule has 0 bridgehead atoms. The number of hydrogen-bond acceptors (Lipinski definition) is 1. The van der Waals surface area contributed by atoms with Gasteiger partial charge < -0.3 is 4.74 Å². The van der Waals surface area contributed by atoms with Crippen molar-refractivity contribution in [2.75, 3.05) is 6.61 Å². The van der Waals surface area contributed by atoms with Crippen LogP contribution >= 0.6 is 0 Å². The van der Waals surface area contributed by atoms with E-state index in [1.165, 1.54) is 6.42 Å². The van der Waals surface area contributed by atoms with E-state index in [2.05, 4.69) is 20.8 Å². The second-order valence-electron chi connectivity index (χ2n) is 2.78. The van der Waals surface area contributed by atoms with Crippen molar-refractivity contribution >= 4 is 0 Å². The molecule has 1 atom stereocenters. The van der Waals surface area contributed by atoms with Gasteiger partial charge in [-0.2, -0.15) is 0 Å². The summed E-state index contributed by atoms with van der Waals surface area (Å²) in [5, 5.41) is 0. The molecule has 0 aromatic rings. The highest BCUT2D eigenvalue weighted by molar-refractivity contribution is 4.60. The van der Waals surface area contributed by atoms with E-state index in [9.17, 15) is 0 Å². The van der Waals surface area contributed by atoms with Crippen LogP contribution in [0.2, 0.25) is 0 Å². The van der Waals surface area contributed by atoms with Crippen molar-refractivity contribution in [3.8, 4) is 0 Å². The predicted molar refractivity (Wildman–Crippen MR) is 49.2 cm³/mol. The number of ether oxygens (including phenoxy) is 1. The van der Waals surface area contributed by atoms with Crippen molar-refractivity contribution in [1.82, 2.24) is 0 Å². The molecule has 0 spiro atoms. The Morgan fingerprint density at radius 1 is 1.36 bits per heavy atom. The van der Waals surface area contributed by atoms with Crippen molar-refractivity contribution in [1.29, 1.82) is 0 Å². The SMILES string of the molecule is [CH2]CCC(C[CH2])OCCCC. The summed E-state index contributed by atoms with van der Waals surface area (Å²) in [7, 11) is 0. The lowest BCUT2D eigenvalue weighted by Gasteiger charge is -2.14. The molecule has 2 radical (unpaired) electrons. The zero-order valence-corrected chi connectivity index (χ0v) is 7.64. The summed E-state index contributed by atoms with van der Waals surface area (Å²) < 4.78 is 5.57. The van der Waals surface area contributed by atoms with Crippen LogP contribution in [0.15, 0.2) is 0 Å². The molecule has 0 N–H and O–H groups in total. The van der Waals surface area contributed by atoms with E-state index in [1.54, 1.807) is 0 Å². The maximum Gasteiger partial charge on any atom is 0.0575 e. The Kier molecular flexibility index (Phi) is 8.03. The molecule has 11 heavy (non-hydrogen) atoms. The smallest absolute Gasteiger partial charge is 0.0575 e. The van der Waals surface area contributed by atoms with Gasteiger partial charge in [-0.25, -0.2) is 0 Å². The highest BCUT2D eigenvalue weighted by Crippen LogP contribution is 2.06. The fourth-order valence-electron chi connectivity index (χ4n) is 0.933. The maximum atomic E-state index is 5.57. The van der Waals surface area contributed by atoms with E-state index in [0.29, 0.717) is 6.10 Å². The van der Waals surface area contributed by atoms with Crippen LogP contribution in [0.5, 0.6) is 0 Å². The summed E-state index contributed by atoms with van der Waals surface area (Å²) in [6.07, 6.45) is 5.58. The van der Waals surface area contributed by atoms with Crippen molar-refractivity contribution in [2.45, 2.75) is 45.1 Å². The zero-order valence-electron chi connectivity index (χ0n) is 7.64. The summed E-state index contributed by atoms with van der Waals surface area (Å²) in [6.45, 7) is 10.7. The van der Waals surface area contributed by atoms with E-state index in [-0.39, 0.29) is 0 Å². The van der Waals surface area contributed by atoms with E-state index in [0.717, 1.165) is 32.3 Å². The van der Waals surface area contributed by atoms with Crippen LogP contribution in [0, 0.1) is 13.8 Å². The van der Waals surface area contributed by atoms with Gasteiger partial charge in [-0.05, 0) is 19.3 Å². The molecule has 0 aromatic heterocycles. The quantitative estimate of drug-likeness (QED) is 0.515. The summed E-state index contributed by atoms with van der Waals surface area (Å²) in [6, 6.07) is 0. The van der Waals surface area contributed by atoms with Gasteiger partial charge in [-0.15, -0.1) is 0 Å². The molecule has 1 unspecified atom stereocenters. The Morgan fingerprint density at radius 2 is 2.09 bits per heavy atom. The summed E-state index contributed by atoms with van der Waals surface area (Å²) in [5.74, 6) is 0. The van der Waals surface area contributed by atoms with Gasteiger partial charge in [0.25, 0.3) is 0 Å². The average Bonchev–Trinajstić information content (AvgIpc) is 2.03. The first-order valence-electron chi connectivity index (χ1n) is 4.55. The molecule has 0 fully saturated rings. The first kappa shape index (κ1) is 11.0. The van der Waals surface area contributed by atoms with E-state index < -0.39 is 0 Å². The first-order valence-corrected chi connectivity index (χ1v) is 4.55. The minimum absolute atomic E-state index is 0.346. The van der Waals surface area contributed by atoms with Gasteiger partial charge in [-0.1, -0.05) is 33.6 Å². The van der Waals surface area contributed by atoms with Gasteiger partial charge >= 0.3 is 0 Å². The molecule has 1 heteroatoms. The minimum Gasteiger partial charge on any atom is -0.378 e. The van der Waals surface area contributed by atoms with Crippen LogP contribution in [0.4, 0.5) is 0 Å². The highest BCUT2D eigenvalue weighted by Gasteiger charge is 2.03. The molecular weight excluding hydrogens is 136 g/mol. The minimum atomic E-state index is 0.346. The van der Waals surface area contributed by atoms with Gasteiger partial charge in [0.2, 0.25) is 0 Å². The van der Waals surface area contributed by atoms with Crippen molar-refractivity contribution < 1.29 is 4.74 Å². The summed E-state index contributed by atoms with van der Waals surface area (Å²) in [4.78, 5) is 0. The normalized spacial score (nSPS) is 13.4. The molecule has 0 saturated carbocycles. The average molecular weight is 156 g/mol. The molecule has 0 aromatic carbocycles. The number of hydrogen-bond donors (Lipinski definition) is 0. The van der Waals surface area contributed by atoms with Crippen LogP contribution in [0.3, 0.4) is 0 Å². The number of unbranched alkanes of at least 4 members (excludes halogenated alkanes) is 1. The van der Waals surface area contributed by atoms with Crippen molar-refractivity contribution in [2.24, 2.45) is 0 Å². The third-order valence-corrected chi connectivity index (χ3v) is 1.70. The van der Waals surface area contributed by atoms with Crippen LogP contribution in [-0.4, -0.2) is 12.7 Å². The topological polar surface area (TPSA) is 9.23 Å². The van der Waals surface area contributed by atoms with E-state index >= 15 is 0 Å². The predicted octanol–water partition coefficient (Wildman–Crippen LogP) is 3.01. The Bertz CT molecular complexity index is 71.3. The lowest BCUT2D eigenvalue weighted by Crippen LogP contribution is -2.12. The van der Waals surface area contributed by atoms with Crippen LogP contribution in [-0.2, 0) is 4.74 Å². The van der Waals surface area contributed by atoms with Crippen molar-refractivity contribution in [3.63, 3.8) is 0 Å². The van der Waals surface area contributed by atoms with Gasteiger partial charge in [0, 0.05) is 6.61 Å². The molecule has 66 valence electrons. The number of rotatable bonds is 7. The van der Waals surface area contributed by atoms with Gasteiger partial charge in [0.15, 0.2) is 0 Å². The third-order valence-electron chi connectivity index (χ3n) is 1.70. The molecule has 0 saturated heterocycles. The Balaban J connectivity index is 3.20. The Labute approximate surface area is 71.1 Å². The molecule has 0 aliphatic heterocycles. The molecule has 0 amide bonds. The molecule has 0 rings (SSSR count). The molecule has 0 aliphatic carbocycles. The first-order chi connectivity index (χ1) is 5.35. The zero-order chi connectivity index (χ0) is 8.53. The Hall–Kier alpha value is -0.0400. The van der Waals surface area contributed by atoms with Crippen LogP contribution < -0.4 is 0 Å². The van der Waals surface area contributed by atoms with Gasteiger partial charge in [0.05, 0.1) is 6.10 Å². The summed E-state index contributed by atoms with van der Waals surface area (Å²) in [5.41, 5.74) is 0. The largest absolute Gasteiger partial charge is 0.378 e. The Morgan fingerprint density at radius 3 is 2.55 bits per heavy atom. The van der Waals surface area contributed by atoms with E-state index in [4.69, 9.17) is 4.74 Å². The van der Waals surface area contributed by atoms with Crippen LogP contribution in [0.25, 0.3) is 0 Å². The molecule has 1 nitrogen and oxygen atoms in total. The maximum absolute atomic E-state index is 5.57. The highest BCUT2D eigenvalue weighted by atomic mass is 16.5. The lowest BCUT2D eigenvalue weighted by molar-refractivity contribution is 0.0478. The lowest BCUT2D eigenvalue weighted by atomic mass is 10.1. The summed E-state index contributed by atoms with van der Waals surface area (Å²) >= 11 is 0. The third kappa shape index (κ3) is 6.36. The monoisotopic (exact) mass is 156 g/mol. The molecule has 0 heterocycles. The van der Waals surface area contributed by atoms with Gasteiger partial charge in [0.1, 0.15) is 0 Å².